The largest absolute Gasteiger partial charge is 0.465 e. The Balaban J connectivity index is 0.000000774. The van der Waals surface area contributed by atoms with E-state index < -0.39 is 0 Å². The van der Waals surface area contributed by atoms with Crippen LogP contribution in [0.4, 0.5) is 0 Å². The van der Waals surface area contributed by atoms with Crippen LogP contribution < -0.4 is 4.74 Å². The normalized spacial score (nSPS) is 20.8. The average Bonchev–Trinajstić information content (AvgIpc) is 2.50. The van der Waals surface area contributed by atoms with Crippen LogP contribution in [0.2, 0.25) is 0 Å². The van der Waals surface area contributed by atoms with Crippen LogP contribution in [-0.2, 0) is 16.0 Å². The molecule has 1 aliphatic carbocycles. The number of ether oxygens (including phenoxy) is 2. The lowest BCUT2D eigenvalue weighted by atomic mass is 9.91. The smallest absolute Gasteiger partial charge is 0.199 e. The fraction of sp³-hybridized carbons (Fsp3) is 0.500. The summed E-state index contributed by atoms with van der Waals surface area (Å²) in [6.07, 6.45) is 5.25. The van der Waals surface area contributed by atoms with Crippen molar-refractivity contribution in [2.45, 2.75) is 52.7 Å². The summed E-state index contributed by atoms with van der Waals surface area (Å²) in [5, 5.41) is 0. The van der Waals surface area contributed by atoms with E-state index in [0.29, 0.717) is 6.42 Å². The number of benzene rings is 1. The number of ketones is 1. The molecule has 0 bridgehead atoms. The highest BCUT2D eigenvalue weighted by atomic mass is 16.7. The fourth-order valence-electron chi connectivity index (χ4n) is 2.69. The third-order valence-corrected chi connectivity index (χ3v) is 3.65. The van der Waals surface area contributed by atoms with Gasteiger partial charge in [-0.2, -0.15) is 0 Å². The van der Waals surface area contributed by atoms with Crippen LogP contribution in [0.5, 0.6) is 5.75 Å². The first-order valence-corrected chi connectivity index (χ1v) is 7.85. The molecule has 3 heteroatoms. The summed E-state index contributed by atoms with van der Waals surface area (Å²) in [5.41, 5.74) is 3.24. The minimum Gasteiger partial charge on any atom is -0.465 e. The molecule has 1 aromatic rings. The molecule has 1 heterocycles. The molecule has 0 amide bonds. The predicted octanol–water partition coefficient (Wildman–Crippen LogP) is 4.15. The van der Waals surface area contributed by atoms with E-state index in [1.807, 2.05) is 39.0 Å². The van der Waals surface area contributed by atoms with E-state index in [-0.39, 0.29) is 12.1 Å². The van der Waals surface area contributed by atoms with Gasteiger partial charge in [0.1, 0.15) is 5.75 Å². The second-order valence-electron chi connectivity index (χ2n) is 5.20. The number of fused-ring (bicyclic) bond motifs is 1. The number of hydrogen-bond acceptors (Lipinski definition) is 3. The Morgan fingerprint density at radius 2 is 2.05 bits per heavy atom. The Hall–Kier alpha value is -1.61. The van der Waals surface area contributed by atoms with Gasteiger partial charge >= 0.3 is 0 Å². The first-order valence-electron chi connectivity index (χ1n) is 7.85. The Morgan fingerprint density at radius 3 is 2.76 bits per heavy atom. The van der Waals surface area contributed by atoms with Gasteiger partial charge in [-0.25, -0.2) is 0 Å². The van der Waals surface area contributed by atoms with E-state index in [4.69, 9.17) is 9.47 Å². The van der Waals surface area contributed by atoms with Crippen LogP contribution in [0.25, 0.3) is 5.57 Å². The molecule has 3 rings (SSSR count). The number of allylic oxidation sites excluding steroid dienone is 2. The number of hydrogen-bond donors (Lipinski definition) is 0. The van der Waals surface area contributed by atoms with Crippen molar-refractivity contribution in [3.05, 3.63) is 35.4 Å². The topological polar surface area (TPSA) is 35.5 Å². The summed E-state index contributed by atoms with van der Waals surface area (Å²) >= 11 is 0. The molecule has 1 atom stereocenters. The van der Waals surface area contributed by atoms with Crippen molar-refractivity contribution < 1.29 is 14.3 Å². The van der Waals surface area contributed by atoms with Crippen molar-refractivity contribution >= 4 is 11.4 Å². The highest BCUT2D eigenvalue weighted by molar-refractivity contribution is 6.01. The summed E-state index contributed by atoms with van der Waals surface area (Å²) in [4.78, 5) is 11.6. The van der Waals surface area contributed by atoms with Gasteiger partial charge in [-0.3, -0.25) is 4.79 Å². The molecule has 0 radical (unpaired) electrons. The van der Waals surface area contributed by atoms with E-state index in [9.17, 15) is 4.79 Å². The molecule has 1 unspecified atom stereocenters. The molecule has 21 heavy (non-hydrogen) atoms. The second kappa shape index (κ2) is 7.41. The fourth-order valence-corrected chi connectivity index (χ4v) is 2.69. The minimum absolute atomic E-state index is 0.136. The van der Waals surface area contributed by atoms with Gasteiger partial charge in [0.25, 0.3) is 0 Å². The molecule has 2 aliphatic rings. The molecule has 1 aliphatic heterocycles. The van der Waals surface area contributed by atoms with Crippen molar-refractivity contribution in [2.24, 2.45) is 0 Å². The lowest BCUT2D eigenvalue weighted by Gasteiger charge is -2.24. The van der Waals surface area contributed by atoms with Gasteiger partial charge in [0.05, 0.1) is 6.61 Å². The van der Waals surface area contributed by atoms with Crippen molar-refractivity contribution in [3.63, 3.8) is 0 Å². The number of carbonyl (C=O) groups is 1. The number of carbonyl (C=O) groups excluding carboxylic acids is 1. The highest BCUT2D eigenvalue weighted by Gasteiger charge is 2.18. The lowest BCUT2D eigenvalue weighted by Crippen LogP contribution is -2.25. The van der Waals surface area contributed by atoms with Gasteiger partial charge in [0, 0.05) is 12.8 Å². The second-order valence-corrected chi connectivity index (χ2v) is 5.20. The van der Waals surface area contributed by atoms with Crippen molar-refractivity contribution in [3.8, 4) is 5.75 Å². The Labute approximate surface area is 127 Å². The molecule has 0 spiro atoms. The lowest BCUT2D eigenvalue weighted by molar-refractivity contribution is -0.114. The van der Waals surface area contributed by atoms with E-state index >= 15 is 0 Å². The zero-order valence-corrected chi connectivity index (χ0v) is 13.1. The first kappa shape index (κ1) is 15.8. The van der Waals surface area contributed by atoms with Crippen LogP contribution in [0.15, 0.2) is 24.3 Å². The molecule has 1 aromatic carbocycles. The van der Waals surface area contributed by atoms with E-state index in [1.165, 1.54) is 0 Å². The third-order valence-electron chi connectivity index (χ3n) is 3.65. The maximum absolute atomic E-state index is 11.6. The molecule has 1 saturated heterocycles. The van der Waals surface area contributed by atoms with Gasteiger partial charge < -0.3 is 9.47 Å². The Morgan fingerprint density at radius 1 is 1.24 bits per heavy atom. The molecular formula is C18H24O3. The molecule has 0 N–H and O–H groups in total. The average molecular weight is 288 g/mol. The van der Waals surface area contributed by atoms with Crippen LogP contribution in [0.3, 0.4) is 0 Å². The zero-order valence-electron chi connectivity index (χ0n) is 13.1. The van der Waals surface area contributed by atoms with Gasteiger partial charge in [-0.1, -0.05) is 19.9 Å². The Bertz CT molecular complexity index is 525. The minimum atomic E-state index is -0.136. The molecule has 0 aromatic heterocycles. The first-order chi connectivity index (χ1) is 10.2. The summed E-state index contributed by atoms with van der Waals surface area (Å²) in [5.74, 6) is 0.962. The van der Waals surface area contributed by atoms with Crippen LogP contribution >= 0.6 is 0 Å². The van der Waals surface area contributed by atoms with Crippen LogP contribution in [0, 0.1) is 0 Å². The summed E-state index contributed by atoms with van der Waals surface area (Å²) in [7, 11) is 0. The molecule has 3 nitrogen and oxygen atoms in total. The standard InChI is InChI=1S/C16H18O3.C2H6/c1-11-8-13(17)9-12-10-14(5-6-15(11)12)19-16-4-2-3-7-18-16;1-2/h5-6,8,10,16H,2-4,7,9H2,1H3;1-2H3. The summed E-state index contributed by atoms with van der Waals surface area (Å²) in [6.45, 7) is 6.75. The molecule has 114 valence electrons. The van der Waals surface area contributed by atoms with Gasteiger partial charge in [-0.05, 0) is 54.7 Å². The molecular weight excluding hydrogens is 264 g/mol. The predicted molar refractivity (Wildman–Crippen MR) is 84.4 cm³/mol. The van der Waals surface area contributed by atoms with Crippen molar-refractivity contribution in [1.82, 2.24) is 0 Å². The van der Waals surface area contributed by atoms with Crippen molar-refractivity contribution in [1.29, 1.82) is 0 Å². The maximum atomic E-state index is 11.6. The van der Waals surface area contributed by atoms with Gasteiger partial charge in [-0.15, -0.1) is 0 Å². The monoisotopic (exact) mass is 288 g/mol. The van der Waals surface area contributed by atoms with E-state index in [0.717, 1.165) is 48.3 Å². The zero-order chi connectivity index (χ0) is 15.2. The summed E-state index contributed by atoms with van der Waals surface area (Å²) in [6, 6.07) is 5.97. The van der Waals surface area contributed by atoms with Gasteiger partial charge in [0.15, 0.2) is 12.1 Å². The molecule has 0 saturated carbocycles. The van der Waals surface area contributed by atoms with E-state index in [1.54, 1.807) is 6.08 Å². The quantitative estimate of drug-likeness (QED) is 0.820. The maximum Gasteiger partial charge on any atom is 0.199 e. The van der Waals surface area contributed by atoms with E-state index in [2.05, 4.69) is 0 Å². The number of rotatable bonds is 2. The summed E-state index contributed by atoms with van der Waals surface area (Å²) < 4.78 is 11.4. The SMILES string of the molecule is CC.CC1=CC(=O)Cc2cc(OC3CCCCO3)ccc21. The Kier molecular flexibility index (Phi) is 5.57. The van der Waals surface area contributed by atoms with Crippen LogP contribution in [-0.4, -0.2) is 18.7 Å². The third kappa shape index (κ3) is 3.94. The molecule has 1 fully saturated rings. The van der Waals surface area contributed by atoms with Crippen molar-refractivity contribution in [2.75, 3.05) is 6.61 Å². The van der Waals surface area contributed by atoms with Crippen LogP contribution in [0.1, 0.15) is 51.2 Å². The van der Waals surface area contributed by atoms with Gasteiger partial charge in [0.2, 0.25) is 0 Å². The highest BCUT2D eigenvalue weighted by Crippen LogP contribution is 2.29.